The molecular formula is C25H21NO4S. The maximum atomic E-state index is 13.5. The number of nitrogens with zero attached hydrogens (tertiary/aromatic N) is 1. The van der Waals surface area contributed by atoms with E-state index in [-0.39, 0.29) is 11.8 Å². The summed E-state index contributed by atoms with van der Waals surface area (Å²) in [5.41, 5.74) is 2.59. The third-order valence-corrected chi connectivity index (χ3v) is 6.10. The molecule has 0 N–H and O–H groups in total. The lowest BCUT2D eigenvalue weighted by Gasteiger charge is -2.19. The number of amides is 2. The number of hydrogen-bond acceptors (Lipinski definition) is 5. The molecule has 0 bridgehead atoms. The Morgan fingerprint density at radius 2 is 1.48 bits per heavy atom. The summed E-state index contributed by atoms with van der Waals surface area (Å²) in [5, 5.41) is 0. The van der Waals surface area contributed by atoms with Crippen LogP contribution in [0.5, 0.6) is 11.5 Å². The van der Waals surface area contributed by atoms with E-state index in [0.29, 0.717) is 39.0 Å². The highest BCUT2D eigenvalue weighted by molar-refractivity contribution is 8.03. The van der Waals surface area contributed by atoms with Crippen molar-refractivity contribution in [3.8, 4) is 11.5 Å². The predicted molar refractivity (Wildman–Crippen MR) is 123 cm³/mol. The van der Waals surface area contributed by atoms with Gasteiger partial charge in [-0.05, 0) is 23.3 Å². The van der Waals surface area contributed by atoms with E-state index in [2.05, 4.69) is 0 Å². The van der Waals surface area contributed by atoms with Crippen LogP contribution in [0.3, 0.4) is 0 Å². The number of benzene rings is 3. The molecule has 1 aliphatic rings. The van der Waals surface area contributed by atoms with E-state index in [1.54, 1.807) is 25.3 Å². The van der Waals surface area contributed by atoms with Gasteiger partial charge < -0.3 is 9.47 Å². The number of anilines is 1. The number of ether oxygens (including phenoxy) is 2. The molecule has 0 saturated heterocycles. The van der Waals surface area contributed by atoms with Crippen LogP contribution in [0.1, 0.15) is 11.1 Å². The molecule has 1 heterocycles. The van der Waals surface area contributed by atoms with Crippen molar-refractivity contribution in [2.24, 2.45) is 0 Å². The van der Waals surface area contributed by atoms with Gasteiger partial charge in [-0.1, -0.05) is 60.7 Å². The number of imide groups is 1. The Morgan fingerprint density at radius 1 is 0.806 bits per heavy atom. The van der Waals surface area contributed by atoms with Crippen molar-refractivity contribution in [1.82, 2.24) is 0 Å². The van der Waals surface area contributed by atoms with Crippen molar-refractivity contribution in [2.75, 3.05) is 19.1 Å². The molecule has 31 heavy (non-hydrogen) atoms. The first-order valence-corrected chi connectivity index (χ1v) is 10.7. The molecule has 2 amide bonds. The number of hydrogen-bond donors (Lipinski definition) is 0. The van der Waals surface area contributed by atoms with Crippen LogP contribution in [0, 0.1) is 0 Å². The molecule has 0 radical (unpaired) electrons. The van der Waals surface area contributed by atoms with Gasteiger partial charge in [-0.25, -0.2) is 4.90 Å². The van der Waals surface area contributed by atoms with Crippen molar-refractivity contribution in [2.45, 2.75) is 5.75 Å². The maximum Gasteiger partial charge on any atom is 0.272 e. The zero-order valence-corrected chi connectivity index (χ0v) is 18.0. The molecule has 156 valence electrons. The molecule has 6 heteroatoms. The van der Waals surface area contributed by atoms with Crippen LogP contribution in [-0.4, -0.2) is 26.0 Å². The van der Waals surface area contributed by atoms with Crippen molar-refractivity contribution in [3.05, 3.63) is 94.9 Å². The second kappa shape index (κ2) is 9.10. The third-order valence-electron chi connectivity index (χ3n) is 4.96. The first-order valence-electron chi connectivity index (χ1n) is 9.71. The van der Waals surface area contributed by atoms with Gasteiger partial charge in [-0.15, -0.1) is 11.8 Å². The van der Waals surface area contributed by atoms with Gasteiger partial charge in [-0.2, -0.15) is 0 Å². The first-order chi connectivity index (χ1) is 15.1. The lowest BCUT2D eigenvalue weighted by atomic mass is 10.1. The second-order valence-electron chi connectivity index (χ2n) is 6.83. The zero-order chi connectivity index (χ0) is 21.8. The fourth-order valence-corrected chi connectivity index (χ4v) is 4.49. The van der Waals surface area contributed by atoms with Gasteiger partial charge >= 0.3 is 0 Å². The van der Waals surface area contributed by atoms with Crippen LogP contribution >= 0.6 is 11.8 Å². The zero-order valence-electron chi connectivity index (χ0n) is 17.2. The minimum atomic E-state index is -0.366. The molecule has 0 aliphatic carbocycles. The topological polar surface area (TPSA) is 55.8 Å². The summed E-state index contributed by atoms with van der Waals surface area (Å²) in [6.07, 6.45) is 0. The van der Waals surface area contributed by atoms with E-state index < -0.39 is 0 Å². The Labute approximate surface area is 185 Å². The second-order valence-corrected chi connectivity index (χ2v) is 7.81. The Kier molecular flexibility index (Phi) is 6.09. The predicted octanol–water partition coefficient (Wildman–Crippen LogP) is 4.92. The Bertz CT molecular complexity index is 1140. The molecule has 0 atom stereocenters. The van der Waals surface area contributed by atoms with Crippen molar-refractivity contribution in [1.29, 1.82) is 0 Å². The van der Waals surface area contributed by atoms with Gasteiger partial charge in [0, 0.05) is 11.8 Å². The van der Waals surface area contributed by atoms with Gasteiger partial charge in [0.05, 0.1) is 30.4 Å². The van der Waals surface area contributed by atoms with Gasteiger partial charge in [0.2, 0.25) is 0 Å². The van der Waals surface area contributed by atoms with E-state index in [1.165, 1.54) is 23.8 Å². The average Bonchev–Trinajstić information content (AvgIpc) is 3.07. The van der Waals surface area contributed by atoms with Crippen LogP contribution in [0.2, 0.25) is 0 Å². The number of thioether (sulfide) groups is 1. The van der Waals surface area contributed by atoms with Crippen molar-refractivity contribution >= 4 is 34.8 Å². The van der Waals surface area contributed by atoms with Crippen LogP contribution < -0.4 is 14.4 Å². The molecule has 0 aromatic heterocycles. The highest BCUT2D eigenvalue weighted by Gasteiger charge is 2.41. The lowest BCUT2D eigenvalue weighted by Crippen LogP contribution is -2.31. The number of methoxy groups -OCH3 is 2. The largest absolute Gasteiger partial charge is 0.497 e. The smallest absolute Gasteiger partial charge is 0.272 e. The standard InChI is InChI=1S/C25H21NO4S/c1-29-19-13-14-20(21(15-19)30-2)26-24(27)22(18-11-7-4-8-12-18)23(25(26)28)31-16-17-9-5-3-6-10-17/h3-15H,16H2,1-2H3. The van der Waals surface area contributed by atoms with E-state index in [4.69, 9.17) is 9.47 Å². The molecular weight excluding hydrogens is 410 g/mol. The number of rotatable bonds is 7. The molecule has 3 aromatic carbocycles. The highest BCUT2D eigenvalue weighted by atomic mass is 32.2. The van der Waals surface area contributed by atoms with Crippen LogP contribution in [0.25, 0.3) is 5.57 Å². The van der Waals surface area contributed by atoms with Crippen molar-refractivity contribution in [3.63, 3.8) is 0 Å². The summed E-state index contributed by atoms with van der Waals surface area (Å²) < 4.78 is 10.7. The summed E-state index contributed by atoms with van der Waals surface area (Å²) in [6.45, 7) is 0. The molecule has 3 aromatic rings. The first kappa shape index (κ1) is 20.8. The lowest BCUT2D eigenvalue weighted by molar-refractivity contribution is -0.119. The molecule has 0 spiro atoms. The monoisotopic (exact) mass is 431 g/mol. The number of carbonyl (C=O) groups is 2. The van der Waals surface area contributed by atoms with Gasteiger partial charge in [-0.3, -0.25) is 9.59 Å². The summed E-state index contributed by atoms with van der Waals surface area (Å²) in [6, 6.07) is 24.2. The molecule has 0 fully saturated rings. The van der Waals surface area contributed by atoms with Gasteiger partial charge in [0.15, 0.2) is 0 Å². The van der Waals surface area contributed by atoms with E-state index in [1.807, 2.05) is 60.7 Å². The summed E-state index contributed by atoms with van der Waals surface area (Å²) in [4.78, 5) is 28.6. The third kappa shape index (κ3) is 4.07. The quantitative estimate of drug-likeness (QED) is 0.497. The Morgan fingerprint density at radius 3 is 2.13 bits per heavy atom. The van der Waals surface area contributed by atoms with E-state index in [9.17, 15) is 9.59 Å². The summed E-state index contributed by atoms with van der Waals surface area (Å²) in [5.74, 6) is 0.833. The van der Waals surface area contributed by atoms with Crippen molar-refractivity contribution < 1.29 is 19.1 Å². The Balaban J connectivity index is 1.75. The van der Waals surface area contributed by atoms with Crippen LogP contribution in [0.15, 0.2) is 83.8 Å². The maximum absolute atomic E-state index is 13.5. The molecule has 4 rings (SSSR count). The van der Waals surface area contributed by atoms with Gasteiger partial charge in [0.1, 0.15) is 11.5 Å². The molecule has 1 aliphatic heterocycles. The number of carbonyl (C=O) groups excluding carboxylic acids is 2. The molecule has 5 nitrogen and oxygen atoms in total. The average molecular weight is 432 g/mol. The minimum Gasteiger partial charge on any atom is -0.497 e. The molecule has 0 unspecified atom stereocenters. The van der Waals surface area contributed by atoms with Crippen LogP contribution in [0.4, 0.5) is 5.69 Å². The van der Waals surface area contributed by atoms with E-state index >= 15 is 0 Å². The fraction of sp³-hybridized carbons (Fsp3) is 0.120. The van der Waals surface area contributed by atoms with E-state index in [0.717, 1.165) is 5.56 Å². The summed E-state index contributed by atoms with van der Waals surface area (Å²) in [7, 11) is 3.05. The fourth-order valence-electron chi connectivity index (χ4n) is 3.42. The minimum absolute atomic E-state index is 0.353. The Hall–Kier alpha value is -3.51. The van der Waals surface area contributed by atoms with Gasteiger partial charge in [0.25, 0.3) is 11.8 Å². The normalized spacial score (nSPS) is 13.7. The SMILES string of the molecule is COc1ccc(N2C(=O)C(SCc3ccccc3)=C(c3ccccc3)C2=O)c(OC)c1. The molecule has 0 saturated carbocycles. The summed E-state index contributed by atoms with van der Waals surface area (Å²) >= 11 is 1.37. The van der Waals surface area contributed by atoms with Crippen LogP contribution in [-0.2, 0) is 15.3 Å². The highest BCUT2D eigenvalue weighted by Crippen LogP contribution is 2.42.